The second kappa shape index (κ2) is 5.50. The molecule has 0 aromatic carbocycles. The fraction of sp³-hybridized carbons (Fsp3) is 0.917. The third-order valence-electron chi connectivity index (χ3n) is 3.13. The van der Waals surface area contributed by atoms with Crippen LogP contribution in [0.1, 0.15) is 40.0 Å². The molecule has 1 aliphatic rings. The van der Waals surface area contributed by atoms with E-state index in [0.717, 1.165) is 32.4 Å². The van der Waals surface area contributed by atoms with Crippen LogP contribution in [0.25, 0.3) is 0 Å². The minimum absolute atomic E-state index is 0.00958. The molecule has 0 amide bonds. The van der Waals surface area contributed by atoms with Crippen LogP contribution in [0.3, 0.4) is 0 Å². The third-order valence-corrected chi connectivity index (χ3v) is 3.13. The average Bonchev–Trinajstić information content (AvgIpc) is 2.18. The number of ether oxygens (including phenoxy) is 1. The number of hydrogen-bond acceptors (Lipinski definition) is 3. The van der Waals surface area contributed by atoms with Crippen LogP contribution in [0, 0.1) is 11.3 Å². The maximum Gasteiger partial charge on any atom is 0.311 e. The standard InChI is InChI=1S/C12H23NO2/c1-10(2)4-9-15-11(14)12(3)5-7-13-8-6-12/h10,13H,4-9H2,1-3H3. The molecule has 3 heteroatoms. The van der Waals surface area contributed by atoms with Crippen molar-refractivity contribution in [2.75, 3.05) is 19.7 Å². The van der Waals surface area contributed by atoms with Crippen molar-refractivity contribution in [3.63, 3.8) is 0 Å². The molecular formula is C12H23NO2. The van der Waals surface area contributed by atoms with Crippen molar-refractivity contribution in [3.8, 4) is 0 Å². The molecule has 88 valence electrons. The van der Waals surface area contributed by atoms with E-state index in [1.54, 1.807) is 0 Å². The Morgan fingerprint density at radius 1 is 1.40 bits per heavy atom. The van der Waals surface area contributed by atoms with E-state index < -0.39 is 0 Å². The zero-order chi connectivity index (χ0) is 11.3. The molecule has 0 aromatic heterocycles. The highest BCUT2D eigenvalue weighted by Gasteiger charge is 2.35. The smallest absolute Gasteiger partial charge is 0.311 e. The number of piperidine rings is 1. The summed E-state index contributed by atoms with van der Waals surface area (Å²) >= 11 is 0. The van der Waals surface area contributed by atoms with E-state index in [-0.39, 0.29) is 11.4 Å². The lowest BCUT2D eigenvalue weighted by Gasteiger charge is -2.31. The van der Waals surface area contributed by atoms with Gasteiger partial charge >= 0.3 is 5.97 Å². The average molecular weight is 213 g/mol. The Morgan fingerprint density at radius 2 is 2.00 bits per heavy atom. The third kappa shape index (κ3) is 3.82. The summed E-state index contributed by atoms with van der Waals surface area (Å²) in [6.07, 6.45) is 2.75. The van der Waals surface area contributed by atoms with Crippen LogP contribution < -0.4 is 5.32 Å². The van der Waals surface area contributed by atoms with Crippen molar-refractivity contribution in [3.05, 3.63) is 0 Å². The summed E-state index contributed by atoms with van der Waals surface area (Å²) in [4.78, 5) is 11.9. The molecule has 0 aliphatic carbocycles. The second-order valence-corrected chi connectivity index (χ2v) is 5.13. The van der Waals surface area contributed by atoms with Crippen molar-refractivity contribution < 1.29 is 9.53 Å². The van der Waals surface area contributed by atoms with Gasteiger partial charge in [-0.1, -0.05) is 13.8 Å². The van der Waals surface area contributed by atoms with Crippen LogP contribution in [-0.2, 0) is 9.53 Å². The Balaban J connectivity index is 2.31. The number of carbonyl (C=O) groups excluding carboxylic acids is 1. The van der Waals surface area contributed by atoms with Gasteiger partial charge in [0.25, 0.3) is 0 Å². The number of nitrogens with one attached hydrogen (secondary N) is 1. The highest BCUT2D eigenvalue weighted by atomic mass is 16.5. The topological polar surface area (TPSA) is 38.3 Å². The predicted octanol–water partition coefficient (Wildman–Crippen LogP) is 1.97. The second-order valence-electron chi connectivity index (χ2n) is 5.13. The SMILES string of the molecule is CC(C)CCOC(=O)C1(C)CCNCC1. The van der Waals surface area contributed by atoms with Gasteiger partial charge in [-0.15, -0.1) is 0 Å². The lowest BCUT2D eigenvalue weighted by molar-refractivity contribution is -0.156. The van der Waals surface area contributed by atoms with Crippen LogP contribution in [0.5, 0.6) is 0 Å². The summed E-state index contributed by atoms with van der Waals surface area (Å²) in [5.74, 6) is 0.586. The summed E-state index contributed by atoms with van der Waals surface area (Å²) < 4.78 is 5.33. The van der Waals surface area contributed by atoms with Crippen LogP contribution in [0.4, 0.5) is 0 Å². The molecule has 1 aliphatic heterocycles. The molecule has 0 atom stereocenters. The Kier molecular flexibility index (Phi) is 4.58. The van der Waals surface area contributed by atoms with Gasteiger partial charge in [0.05, 0.1) is 12.0 Å². The fourth-order valence-corrected chi connectivity index (χ4v) is 1.74. The summed E-state index contributed by atoms with van der Waals surface area (Å²) in [5, 5.41) is 3.26. The molecule has 0 saturated carbocycles. The largest absolute Gasteiger partial charge is 0.465 e. The number of rotatable bonds is 4. The van der Waals surface area contributed by atoms with Crippen LogP contribution >= 0.6 is 0 Å². The molecule has 0 radical (unpaired) electrons. The molecule has 1 heterocycles. The monoisotopic (exact) mass is 213 g/mol. The van der Waals surface area contributed by atoms with Gasteiger partial charge in [-0.05, 0) is 45.2 Å². The Bertz CT molecular complexity index is 208. The zero-order valence-electron chi connectivity index (χ0n) is 10.1. The number of carbonyl (C=O) groups is 1. The molecule has 15 heavy (non-hydrogen) atoms. The van der Waals surface area contributed by atoms with Crippen LogP contribution in [0.2, 0.25) is 0 Å². The van der Waals surface area contributed by atoms with Crippen molar-refractivity contribution in [1.82, 2.24) is 5.32 Å². The Labute approximate surface area is 92.6 Å². The van der Waals surface area contributed by atoms with Crippen molar-refractivity contribution in [2.45, 2.75) is 40.0 Å². The van der Waals surface area contributed by atoms with Gasteiger partial charge in [-0.2, -0.15) is 0 Å². The quantitative estimate of drug-likeness (QED) is 0.726. The first-order valence-electron chi connectivity index (χ1n) is 5.92. The van der Waals surface area contributed by atoms with E-state index in [1.165, 1.54) is 0 Å². The highest BCUT2D eigenvalue weighted by molar-refractivity contribution is 5.76. The van der Waals surface area contributed by atoms with Gasteiger partial charge in [-0.3, -0.25) is 4.79 Å². The molecule has 0 aromatic rings. The minimum Gasteiger partial charge on any atom is -0.465 e. The van der Waals surface area contributed by atoms with E-state index in [0.29, 0.717) is 12.5 Å². The first kappa shape index (κ1) is 12.5. The van der Waals surface area contributed by atoms with Crippen molar-refractivity contribution >= 4 is 5.97 Å². The van der Waals surface area contributed by atoms with Crippen molar-refractivity contribution in [1.29, 1.82) is 0 Å². The lowest BCUT2D eigenvalue weighted by atomic mass is 9.81. The summed E-state index contributed by atoms with van der Waals surface area (Å²) in [7, 11) is 0. The normalized spacial score (nSPS) is 20.3. The molecule has 0 spiro atoms. The summed E-state index contributed by atoms with van der Waals surface area (Å²) in [6.45, 7) is 8.72. The molecule has 1 saturated heterocycles. The van der Waals surface area contributed by atoms with Gasteiger partial charge in [0.2, 0.25) is 0 Å². The van der Waals surface area contributed by atoms with Gasteiger partial charge in [0, 0.05) is 0 Å². The van der Waals surface area contributed by atoms with E-state index in [4.69, 9.17) is 4.74 Å². The van der Waals surface area contributed by atoms with Gasteiger partial charge in [0.1, 0.15) is 0 Å². The first-order valence-corrected chi connectivity index (χ1v) is 5.92. The van der Waals surface area contributed by atoms with Gasteiger partial charge in [0.15, 0.2) is 0 Å². The summed E-state index contributed by atoms with van der Waals surface area (Å²) in [5.41, 5.74) is -0.248. The number of hydrogen-bond donors (Lipinski definition) is 1. The maximum atomic E-state index is 11.9. The molecular weight excluding hydrogens is 190 g/mol. The lowest BCUT2D eigenvalue weighted by Crippen LogP contribution is -2.41. The van der Waals surface area contributed by atoms with E-state index in [2.05, 4.69) is 19.2 Å². The van der Waals surface area contributed by atoms with Crippen molar-refractivity contribution in [2.24, 2.45) is 11.3 Å². The number of esters is 1. The van der Waals surface area contributed by atoms with E-state index in [9.17, 15) is 4.79 Å². The zero-order valence-corrected chi connectivity index (χ0v) is 10.1. The van der Waals surface area contributed by atoms with Crippen LogP contribution in [-0.4, -0.2) is 25.7 Å². The van der Waals surface area contributed by atoms with Gasteiger partial charge in [-0.25, -0.2) is 0 Å². The van der Waals surface area contributed by atoms with Crippen LogP contribution in [0.15, 0.2) is 0 Å². The summed E-state index contributed by atoms with van der Waals surface area (Å²) in [6, 6.07) is 0. The molecule has 1 N–H and O–H groups in total. The molecule has 1 fully saturated rings. The fourth-order valence-electron chi connectivity index (χ4n) is 1.74. The Hall–Kier alpha value is -0.570. The highest BCUT2D eigenvalue weighted by Crippen LogP contribution is 2.29. The predicted molar refractivity (Wildman–Crippen MR) is 60.6 cm³/mol. The molecule has 3 nitrogen and oxygen atoms in total. The van der Waals surface area contributed by atoms with Gasteiger partial charge < -0.3 is 10.1 Å². The first-order chi connectivity index (χ1) is 7.04. The molecule has 1 rings (SSSR count). The molecule has 0 unspecified atom stereocenters. The van der Waals surface area contributed by atoms with E-state index >= 15 is 0 Å². The maximum absolute atomic E-state index is 11.9. The van der Waals surface area contributed by atoms with E-state index in [1.807, 2.05) is 6.92 Å². The Morgan fingerprint density at radius 3 is 2.53 bits per heavy atom. The molecule has 0 bridgehead atoms. The minimum atomic E-state index is -0.248.